The molecule has 0 bridgehead atoms. The lowest BCUT2D eigenvalue weighted by Crippen LogP contribution is -2.43. The van der Waals surface area contributed by atoms with E-state index in [9.17, 15) is 4.79 Å². The van der Waals surface area contributed by atoms with Crippen molar-refractivity contribution in [3.05, 3.63) is 51.9 Å². The van der Waals surface area contributed by atoms with Crippen LogP contribution in [0, 0.1) is 0 Å². The van der Waals surface area contributed by atoms with Gasteiger partial charge >= 0.3 is 0 Å². The maximum Gasteiger partial charge on any atom is 0.251 e. The fourth-order valence-electron chi connectivity index (χ4n) is 3.04. The molecule has 1 aromatic heterocycles. The van der Waals surface area contributed by atoms with Gasteiger partial charge in [-0.15, -0.1) is 0 Å². The second kappa shape index (κ2) is 9.46. The van der Waals surface area contributed by atoms with Crippen LogP contribution in [0.2, 0.25) is 10.0 Å². The summed E-state index contributed by atoms with van der Waals surface area (Å²) in [6.07, 6.45) is 1.64. The highest BCUT2D eigenvalue weighted by molar-refractivity contribution is 6.37. The van der Waals surface area contributed by atoms with E-state index >= 15 is 0 Å². The number of carbonyl (C=O) groups is 1. The summed E-state index contributed by atoms with van der Waals surface area (Å²) in [6.45, 7) is 5.56. The number of benzene rings is 1. The van der Waals surface area contributed by atoms with Crippen molar-refractivity contribution in [3.63, 3.8) is 0 Å². The molecule has 146 valence electrons. The Balaban J connectivity index is 1.70. The van der Waals surface area contributed by atoms with Crippen molar-refractivity contribution in [2.75, 3.05) is 39.5 Å². The third-order valence-corrected chi connectivity index (χ3v) is 4.92. The third kappa shape index (κ3) is 4.96. The van der Waals surface area contributed by atoms with Crippen molar-refractivity contribution in [1.82, 2.24) is 10.2 Å². The molecule has 2 aromatic rings. The summed E-state index contributed by atoms with van der Waals surface area (Å²) in [4.78, 5) is 14.9. The first-order valence-electron chi connectivity index (χ1n) is 8.85. The van der Waals surface area contributed by atoms with E-state index in [2.05, 4.69) is 10.2 Å². The molecule has 2 heterocycles. The molecule has 1 aliphatic rings. The Morgan fingerprint density at radius 1 is 1.30 bits per heavy atom. The Hall–Kier alpha value is -1.73. The molecule has 0 unspecified atom stereocenters. The van der Waals surface area contributed by atoms with Crippen molar-refractivity contribution < 1.29 is 18.7 Å². The van der Waals surface area contributed by atoms with Crippen LogP contribution in [0.25, 0.3) is 0 Å². The zero-order valence-corrected chi connectivity index (χ0v) is 16.6. The van der Waals surface area contributed by atoms with Crippen LogP contribution in [0.4, 0.5) is 0 Å². The number of ether oxygens (including phenoxy) is 2. The molecular weight excluding hydrogens is 391 g/mol. The predicted octanol–water partition coefficient (Wildman–Crippen LogP) is 3.79. The number of nitrogens with one attached hydrogen (secondary N) is 1. The normalized spacial score (nSPS) is 16.1. The van der Waals surface area contributed by atoms with Crippen molar-refractivity contribution in [2.45, 2.75) is 13.0 Å². The minimum atomic E-state index is -0.258. The largest absolute Gasteiger partial charge is 0.491 e. The average Bonchev–Trinajstić information content (AvgIpc) is 3.20. The lowest BCUT2D eigenvalue weighted by molar-refractivity contribution is 0.0118. The van der Waals surface area contributed by atoms with Crippen molar-refractivity contribution in [2.24, 2.45) is 0 Å². The van der Waals surface area contributed by atoms with Gasteiger partial charge in [-0.1, -0.05) is 23.2 Å². The van der Waals surface area contributed by atoms with Crippen LogP contribution < -0.4 is 10.1 Å². The summed E-state index contributed by atoms with van der Waals surface area (Å²) in [7, 11) is 0. The second-order valence-electron chi connectivity index (χ2n) is 6.09. The van der Waals surface area contributed by atoms with Gasteiger partial charge in [0.2, 0.25) is 0 Å². The molecule has 1 atom stereocenters. The number of carbonyl (C=O) groups excluding carboxylic acids is 1. The summed E-state index contributed by atoms with van der Waals surface area (Å²) in [5, 5.41) is 3.57. The quantitative estimate of drug-likeness (QED) is 0.749. The first-order valence-corrected chi connectivity index (χ1v) is 9.61. The predicted molar refractivity (Wildman–Crippen MR) is 104 cm³/mol. The summed E-state index contributed by atoms with van der Waals surface area (Å²) in [5.74, 6) is 0.936. The SMILES string of the molecule is CCOc1c(Cl)cc(C(=O)NC[C@H](c2ccco2)N2CCOCC2)cc1Cl. The highest BCUT2D eigenvalue weighted by atomic mass is 35.5. The van der Waals surface area contributed by atoms with Crippen LogP contribution in [0.15, 0.2) is 34.9 Å². The Kier molecular flexibility index (Phi) is 7.01. The highest BCUT2D eigenvalue weighted by Gasteiger charge is 2.25. The number of hydrogen-bond donors (Lipinski definition) is 1. The van der Waals surface area contributed by atoms with E-state index in [0.29, 0.717) is 47.7 Å². The molecule has 27 heavy (non-hydrogen) atoms. The van der Waals surface area contributed by atoms with E-state index in [1.165, 1.54) is 0 Å². The summed E-state index contributed by atoms with van der Waals surface area (Å²) < 4.78 is 16.4. The standard InChI is InChI=1S/C19H22Cl2N2O4/c1-2-26-18-14(20)10-13(11-15(18)21)19(24)22-12-16(17-4-3-7-27-17)23-5-8-25-9-6-23/h3-4,7,10-11,16H,2,5-6,8-9,12H2,1H3,(H,22,24)/t16-/m1/s1. The molecular formula is C19H22Cl2N2O4. The van der Waals surface area contributed by atoms with Crippen LogP contribution in [-0.2, 0) is 4.74 Å². The molecule has 0 saturated carbocycles. The van der Waals surface area contributed by atoms with Gasteiger partial charge in [0.1, 0.15) is 5.76 Å². The molecule has 3 rings (SSSR count). The third-order valence-electron chi connectivity index (χ3n) is 4.36. The molecule has 0 radical (unpaired) electrons. The fraction of sp³-hybridized carbons (Fsp3) is 0.421. The van der Waals surface area contributed by atoms with Crippen LogP contribution in [0.3, 0.4) is 0 Å². The number of rotatable bonds is 7. The number of nitrogens with zero attached hydrogens (tertiary/aromatic N) is 1. The van der Waals surface area contributed by atoms with Gasteiger partial charge in [-0.05, 0) is 31.2 Å². The van der Waals surface area contributed by atoms with Gasteiger partial charge in [0.15, 0.2) is 5.75 Å². The summed E-state index contributed by atoms with van der Waals surface area (Å²) in [5.41, 5.74) is 0.383. The number of furan rings is 1. The van der Waals surface area contributed by atoms with E-state index in [-0.39, 0.29) is 11.9 Å². The van der Waals surface area contributed by atoms with Gasteiger partial charge in [-0.2, -0.15) is 0 Å². The first kappa shape index (κ1) is 20.0. The van der Waals surface area contributed by atoms with Crippen LogP contribution in [0.5, 0.6) is 5.75 Å². The zero-order valence-electron chi connectivity index (χ0n) is 15.0. The summed E-state index contributed by atoms with van der Waals surface area (Å²) in [6, 6.07) is 6.81. The average molecular weight is 413 g/mol. The number of morpholine rings is 1. The molecule has 1 N–H and O–H groups in total. The molecule has 1 aliphatic heterocycles. The van der Waals surface area contributed by atoms with Crippen molar-refractivity contribution in [3.8, 4) is 5.75 Å². The van der Waals surface area contributed by atoms with Gasteiger partial charge in [0, 0.05) is 25.2 Å². The number of amides is 1. The van der Waals surface area contributed by atoms with Gasteiger partial charge in [-0.3, -0.25) is 9.69 Å². The lowest BCUT2D eigenvalue weighted by Gasteiger charge is -2.33. The van der Waals surface area contributed by atoms with E-state index in [4.69, 9.17) is 37.1 Å². The monoisotopic (exact) mass is 412 g/mol. The molecule has 0 aliphatic carbocycles. The van der Waals surface area contributed by atoms with Gasteiger partial charge in [-0.25, -0.2) is 0 Å². The zero-order chi connectivity index (χ0) is 19.2. The van der Waals surface area contributed by atoms with E-state index in [1.807, 2.05) is 19.1 Å². The van der Waals surface area contributed by atoms with E-state index in [0.717, 1.165) is 18.8 Å². The second-order valence-corrected chi connectivity index (χ2v) is 6.91. The Bertz CT molecular complexity index is 738. The molecule has 1 fully saturated rings. The number of hydrogen-bond acceptors (Lipinski definition) is 5. The Morgan fingerprint density at radius 3 is 2.59 bits per heavy atom. The summed E-state index contributed by atoms with van der Waals surface area (Å²) >= 11 is 12.4. The van der Waals surface area contributed by atoms with E-state index in [1.54, 1.807) is 18.4 Å². The smallest absolute Gasteiger partial charge is 0.251 e. The number of halogens is 2. The maximum absolute atomic E-state index is 12.6. The van der Waals surface area contributed by atoms with Crippen molar-refractivity contribution >= 4 is 29.1 Å². The molecule has 1 amide bonds. The van der Waals surface area contributed by atoms with Crippen molar-refractivity contribution in [1.29, 1.82) is 0 Å². The highest BCUT2D eigenvalue weighted by Crippen LogP contribution is 2.34. The minimum absolute atomic E-state index is 0.0681. The molecule has 6 nitrogen and oxygen atoms in total. The van der Waals surface area contributed by atoms with Gasteiger partial charge < -0.3 is 19.2 Å². The maximum atomic E-state index is 12.6. The molecule has 1 aromatic carbocycles. The fourth-order valence-corrected chi connectivity index (χ4v) is 3.64. The van der Waals surface area contributed by atoms with Crippen LogP contribution >= 0.6 is 23.2 Å². The van der Waals surface area contributed by atoms with Gasteiger partial charge in [0.05, 0.1) is 42.2 Å². The van der Waals surface area contributed by atoms with Gasteiger partial charge in [0.25, 0.3) is 5.91 Å². The van der Waals surface area contributed by atoms with Crippen LogP contribution in [-0.4, -0.2) is 50.3 Å². The van der Waals surface area contributed by atoms with Crippen LogP contribution in [0.1, 0.15) is 29.1 Å². The molecule has 8 heteroatoms. The Labute approximate surface area is 168 Å². The minimum Gasteiger partial charge on any atom is -0.491 e. The first-order chi connectivity index (χ1) is 13.1. The Morgan fingerprint density at radius 2 is 2.00 bits per heavy atom. The molecule has 1 saturated heterocycles. The van der Waals surface area contributed by atoms with E-state index < -0.39 is 0 Å². The lowest BCUT2D eigenvalue weighted by atomic mass is 10.1. The molecule has 0 spiro atoms. The topological polar surface area (TPSA) is 63.9 Å².